The SMILES string of the molecule is CC1(C)c2ccccc2NC1C1CN(CCO)c2ccccc21. The third-order valence-corrected chi connectivity index (χ3v) is 5.58. The number of para-hydroxylation sites is 2. The minimum Gasteiger partial charge on any atom is -0.395 e. The Kier molecular flexibility index (Phi) is 3.34. The molecule has 0 saturated heterocycles. The molecule has 2 aromatic rings. The van der Waals surface area contributed by atoms with Gasteiger partial charge in [-0.1, -0.05) is 50.2 Å². The quantitative estimate of drug-likeness (QED) is 0.913. The zero-order valence-electron chi connectivity index (χ0n) is 13.8. The van der Waals surface area contributed by atoms with E-state index >= 15 is 0 Å². The van der Waals surface area contributed by atoms with Crippen molar-refractivity contribution in [2.24, 2.45) is 0 Å². The van der Waals surface area contributed by atoms with Crippen molar-refractivity contribution >= 4 is 11.4 Å². The maximum atomic E-state index is 9.39. The van der Waals surface area contributed by atoms with Crippen LogP contribution in [0.1, 0.15) is 30.9 Å². The first-order chi connectivity index (χ1) is 11.1. The minimum atomic E-state index is 0.0869. The van der Waals surface area contributed by atoms with Crippen LogP contribution in [-0.4, -0.2) is 30.8 Å². The summed E-state index contributed by atoms with van der Waals surface area (Å²) in [5.41, 5.74) is 5.44. The number of rotatable bonds is 3. The predicted molar refractivity (Wildman–Crippen MR) is 95.4 cm³/mol. The molecule has 0 saturated carbocycles. The van der Waals surface area contributed by atoms with Gasteiger partial charge in [0.05, 0.1) is 6.61 Å². The molecule has 0 aliphatic carbocycles. The number of aliphatic hydroxyl groups excluding tert-OH is 1. The number of fused-ring (bicyclic) bond motifs is 2. The molecule has 2 unspecified atom stereocenters. The zero-order chi connectivity index (χ0) is 16.0. The van der Waals surface area contributed by atoms with E-state index < -0.39 is 0 Å². The summed E-state index contributed by atoms with van der Waals surface area (Å²) in [5.74, 6) is 0.431. The molecule has 2 aliphatic rings. The van der Waals surface area contributed by atoms with E-state index in [0.29, 0.717) is 18.5 Å². The fourth-order valence-corrected chi connectivity index (χ4v) is 4.43. The molecule has 120 valence electrons. The average Bonchev–Trinajstić information content (AvgIpc) is 3.04. The normalized spacial score (nSPS) is 24.2. The van der Waals surface area contributed by atoms with Crippen molar-refractivity contribution in [3.8, 4) is 0 Å². The highest BCUT2D eigenvalue weighted by atomic mass is 16.3. The van der Waals surface area contributed by atoms with Crippen molar-refractivity contribution in [3.05, 3.63) is 59.7 Å². The van der Waals surface area contributed by atoms with E-state index in [4.69, 9.17) is 0 Å². The van der Waals surface area contributed by atoms with E-state index in [1.54, 1.807) is 0 Å². The van der Waals surface area contributed by atoms with Gasteiger partial charge in [-0.3, -0.25) is 0 Å². The van der Waals surface area contributed by atoms with Crippen LogP contribution in [0.2, 0.25) is 0 Å². The summed E-state index contributed by atoms with van der Waals surface area (Å²) in [7, 11) is 0. The second-order valence-electron chi connectivity index (χ2n) is 7.22. The van der Waals surface area contributed by atoms with Gasteiger partial charge in [-0.05, 0) is 23.3 Å². The molecule has 0 radical (unpaired) electrons. The third kappa shape index (κ3) is 2.14. The molecule has 0 fully saturated rings. The summed E-state index contributed by atoms with van der Waals surface area (Å²) < 4.78 is 0. The van der Waals surface area contributed by atoms with Crippen LogP contribution in [0.5, 0.6) is 0 Å². The lowest BCUT2D eigenvalue weighted by Crippen LogP contribution is -2.41. The number of benzene rings is 2. The Morgan fingerprint density at radius 2 is 1.87 bits per heavy atom. The summed E-state index contributed by atoms with van der Waals surface area (Å²) in [6, 6.07) is 17.7. The van der Waals surface area contributed by atoms with Crippen LogP contribution in [0.4, 0.5) is 11.4 Å². The van der Waals surface area contributed by atoms with Crippen LogP contribution in [0, 0.1) is 0 Å². The van der Waals surface area contributed by atoms with Crippen molar-refractivity contribution in [3.63, 3.8) is 0 Å². The van der Waals surface area contributed by atoms with Gasteiger partial charge in [0.15, 0.2) is 0 Å². The van der Waals surface area contributed by atoms with Gasteiger partial charge in [-0.15, -0.1) is 0 Å². The molecule has 2 aromatic carbocycles. The number of nitrogens with one attached hydrogen (secondary N) is 1. The maximum Gasteiger partial charge on any atom is 0.0606 e. The fraction of sp³-hybridized carbons (Fsp3) is 0.400. The molecule has 3 nitrogen and oxygen atoms in total. The lowest BCUT2D eigenvalue weighted by molar-refractivity contribution is 0.301. The van der Waals surface area contributed by atoms with Crippen molar-refractivity contribution in [2.45, 2.75) is 31.2 Å². The highest BCUT2D eigenvalue weighted by molar-refractivity contribution is 5.66. The van der Waals surface area contributed by atoms with Gasteiger partial charge in [0, 0.05) is 41.8 Å². The number of anilines is 2. The van der Waals surface area contributed by atoms with Crippen molar-refractivity contribution in [1.82, 2.24) is 0 Å². The number of hydrogen-bond donors (Lipinski definition) is 2. The van der Waals surface area contributed by atoms with E-state index in [1.807, 2.05) is 0 Å². The molecular formula is C20H24N2O. The van der Waals surface area contributed by atoms with Gasteiger partial charge in [0.2, 0.25) is 0 Å². The van der Waals surface area contributed by atoms with Gasteiger partial charge in [-0.2, -0.15) is 0 Å². The Bertz CT molecular complexity index is 725. The van der Waals surface area contributed by atoms with Crippen LogP contribution >= 0.6 is 0 Å². The van der Waals surface area contributed by atoms with Crippen LogP contribution in [0.15, 0.2) is 48.5 Å². The van der Waals surface area contributed by atoms with Crippen LogP contribution in [0.25, 0.3) is 0 Å². The van der Waals surface area contributed by atoms with E-state index in [2.05, 4.69) is 72.6 Å². The summed E-state index contributed by atoms with van der Waals surface area (Å²) in [5, 5.41) is 13.2. The van der Waals surface area contributed by atoms with Crippen molar-refractivity contribution in [1.29, 1.82) is 0 Å². The molecule has 0 spiro atoms. The monoisotopic (exact) mass is 308 g/mol. The molecule has 2 atom stereocenters. The second kappa shape index (κ2) is 5.27. The molecular weight excluding hydrogens is 284 g/mol. The number of hydrogen-bond acceptors (Lipinski definition) is 3. The first-order valence-electron chi connectivity index (χ1n) is 8.43. The standard InChI is InChI=1S/C20H24N2O/c1-20(2)16-8-4-5-9-17(16)21-19(20)15-13-22(11-12-23)18-10-6-3-7-14(15)18/h3-10,15,19,21,23H,11-13H2,1-2H3. The topological polar surface area (TPSA) is 35.5 Å². The molecule has 0 aromatic heterocycles. The molecule has 2 N–H and O–H groups in total. The molecule has 4 rings (SSSR count). The summed E-state index contributed by atoms with van der Waals surface area (Å²) in [6.07, 6.45) is 0. The number of aliphatic hydroxyl groups is 1. The fourth-order valence-electron chi connectivity index (χ4n) is 4.43. The van der Waals surface area contributed by atoms with Gasteiger partial charge in [-0.25, -0.2) is 0 Å². The zero-order valence-corrected chi connectivity index (χ0v) is 13.8. The third-order valence-electron chi connectivity index (χ3n) is 5.58. The highest BCUT2D eigenvalue weighted by Crippen LogP contribution is 2.49. The molecule has 2 aliphatic heterocycles. The number of β-amino-alcohol motifs (C(OH)–C–C–N with tert-alkyl or cyclic N) is 1. The van der Waals surface area contributed by atoms with Gasteiger partial charge in [0.1, 0.15) is 0 Å². The van der Waals surface area contributed by atoms with Crippen molar-refractivity contribution in [2.75, 3.05) is 29.9 Å². The highest BCUT2D eigenvalue weighted by Gasteiger charge is 2.46. The minimum absolute atomic E-state index is 0.0869. The van der Waals surface area contributed by atoms with Crippen LogP contribution in [0.3, 0.4) is 0 Å². The Labute approximate surface area is 138 Å². The molecule has 3 heteroatoms. The molecule has 0 bridgehead atoms. The van der Waals surface area contributed by atoms with Gasteiger partial charge in [0.25, 0.3) is 0 Å². The summed E-state index contributed by atoms with van der Waals surface area (Å²) in [4.78, 5) is 2.32. The predicted octanol–water partition coefficient (Wildman–Crippen LogP) is 3.35. The van der Waals surface area contributed by atoms with Gasteiger partial charge < -0.3 is 15.3 Å². The summed E-state index contributed by atoms with van der Waals surface area (Å²) >= 11 is 0. The Morgan fingerprint density at radius 3 is 2.65 bits per heavy atom. The molecule has 2 heterocycles. The van der Waals surface area contributed by atoms with Gasteiger partial charge >= 0.3 is 0 Å². The lowest BCUT2D eigenvalue weighted by atomic mass is 9.74. The van der Waals surface area contributed by atoms with E-state index in [-0.39, 0.29) is 12.0 Å². The number of nitrogens with zero attached hydrogens (tertiary/aromatic N) is 1. The van der Waals surface area contributed by atoms with E-state index in [1.165, 1.54) is 22.5 Å². The molecule has 23 heavy (non-hydrogen) atoms. The first kappa shape index (κ1) is 14.6. The first-order valence-corrected chi connectivity index (χ1v) is 8.43. The smallest absolute Gasteiger partial charge is 0.0606 e. The Balaban J connectivity index is 1.73. The Morgan fingerprint density at radius 1 is 1.13 bits per heavy atom. The maximum absolute atomic E-state index is 9.39. The molecule has 0 amide bonds. The van der Waals surface area contributed by atoms with Crippen LogP contribution in [-0.2, 0) is 5.41 Å². The second-order valence-corrected chi connectivity index (χ2v) is 7.22. The van der Waals surface area contributed by atoms with E-state index in [0.717, 1.165) is 6.54 Å². The average molecular weight is 308 g/mol. The largest absolute Gasteiger partial charge is 0.395 e. The lowest BCUT2D eigenvalue weighted by Gasteiger charge is -2.33. The summed E-state index contributed by atoms with van der Waals surface area (Å²) in [6.45, 7) is 6.55. The van der Waals surface area contributed by atoms with E-state index in [9.17, 15) is 5.11 Å². The Hall–Kier alpha value is -2.00. The van der Waals surface area contributed by atoms with Crippen LogP contribution < -0.4 is 10.2 Å². The van der Waals surface area contributed by atoms with Crippen molar-refractivity contribution < 1.29 is 5.11 Å².